The maximum Gasteiger partial charge on any atom is 0.0583 e. The number of halogens is 1. The van der Waals surface area contributed by atoms with Gasteiger partial charge in [0.25, 0.3) is 0 Å². The maximum atomic E-state index is 2.24. The Morgan fingerprint density at radius 1 is 1.86 bits per heavy atom. The standard InChI is InChI=1S/C4H10INSi/c1-4(7)3-6(2)5/h3H,1-2,7H3/b4-3+. The fourth-order valence-electron chi connectivity index (χ4n) is 0.356. The van der Waals surface area contributed by atoms with Crippen molar-refractivity contribution in [1.29, 1.82) is 0 Å². The lowest BCUT2D eigenvalue weighted by atomic mass is 10.7. The Hall–Kier alpha value is 0.487. The first-order chi connectivity index (χ1) is 3.13. The first-order valence-electron chi connectivity index (χ1n) is 2.16. The second kappa shape index (κ2) is 3.48. The van der Waals surface area contributed by atoms with Crippen LogP contribution in [0.5, 0.6) is 0 Å². The van der Waals surface area contributed by atoms with E-state index in [1.54, 1.807) is 0 Å². The predicted octanol–water partition coefficient (Wildman–Crippen LogP) is 0.495. The predicted molar refractivity (Wildman–Crippen MR) is 45.5 cm³/mol. The van der Waals surface area contributed by atoms with Crippen molar-refractivity contribution in [1.82, 2.24) is 3.11 Å². The molecule has 0 aromatic rings. The summed E-state index contributed by atoms with van der Waals surface area (Å²) in [5.41, 5.74) is 0. The largest absolute Gasteiger partial charge is 0.325 e. The molecular formula is C4H10INSi. The highest BCUT2D eigenvalue weighted by atomic mass is 127. The summed E-state index contributed by atoms with van der Waals surface area (Å²) >= 11 is 2.24. The third-order valence-electron chi connectivity index (χ3n) is 0.436. The molecule has 0 aliphatic carbocycles. The summed E-state index contributed by atoms with van der Waals surface area (Å²) in [6, 6.07) is 0. The SMILES string of the molecule is C/C([SiH3])=C\N(C)I. The van der Waals surface area contributed by atoms with Crippen LogP contribution in [0, 0.1) is 0 Å². The van der Waals surface area contributed by atoms with Crippen molar-refractivity contribution < 1.29 is 0 Å². The van der Waals surface area contributed by atoms with Gasteiger partial charge in [-0.1, -0.05) is 5.20 Å². The molecule has 0 fully saturated rings. The van der Waals surface area contributed by atoms with Gasteiger partial charge in [0.1, 0.15) is 0 Å². The van der Waals surface area contributed by atoms with E-state index in [1.165, 1.54) is 15.4 Å². The quantitative estimate of drug-likeness (QED) is 0.358. The van der Waals surface area contributed by atoms with E-state index in [1.807, 2.05) is 10.2 Å². The lowest BCUT2D eigenvalue weighted by Crippen LogP contribution is -1.91. The van der Waals surface area contributed by atoms with Crippen LogP contribution in [-0.2, 0) is 0 Å². The Kier molecular flexibility index (Phi) is 3.73. The second-order valence-electron chi connectivity index (χ2n) is 1.73. The number of hydrogen-bond acceptors (Lipinski definition) is 1. The Morgan fingerprint density at radius 3 is 2.29 bits per heavy atom. The molecule has 0 saturated carbocycles. The van der Waals surface area contributed by atoms with Crippen LogP contribution in [0.25, 0.3) is 0 Å². The number of rotatable bonds is 1. The van der Waals surface area contributed by atoms with Crippen LogP contribution in [-0.4, -0.2) is 20.4 Å². The highest BCUT2D eigenvalue weighted by Crippen LogP contribution is 1.95. The van der Waals surface area contributed by atoms with E-state index in [0.29, 0.717) is 0 Å². The molecule has 0 aliphatic heterocycles. The number of nitrogens with zero attached hydrogens (tertiary/aromatic N) is 1. The van der Waals surface area contributed by atoms with Crippen molar-refractivity contribution in [2.24, 2.45) is 0 Å². The fourth-order valence-corrected chi connectivity index (χ4v) is 1.83. The molecule has 0 bridgehead atoms. The van der Waals surface area contributed by atoms with Gasteiger partial charge >= 0.3 is 0 Å². The van der Waals surface area contributed by atoms with Crippen LogP contribution in [0.3, 0.4) is 0 Å². The summed E-state index contributed by atoms with van der Waals surface area (Å²) in [6.07, 6.45) is 2.13. The van der Waals surface area contributed by atoms with Crippen LogP contribution in [0.2, 0.25) is 0 Å². The minimum Gasteiger partial charge on any atom is -0.325 e. The van der Waals surface area contributed by atoms with Gasteiger partial charge in [-0.15, -0.1) is 0 Å². The molecule has 0 aliphatic rings. The number of allylic oxidation sites excluding steroid dienone is 1. The fraction of sp³-hybridized carbons (Fsp3) is 0.500. The minimum absolute atomic E-state index is 1.18. The monoisotopic (exact) mass is 227 g/mol. The average molecular weight is 227 g/mol. The zero-order valence-electron chi connectivity index (χ0n) is 4.90. The highest BCUT2D eigenvalue weighted by molar-refractivity contribution is 14.1. The molecule has 0 heterocycles. The normalized spacial score (nSPS) is 12.1. The van der Waals surface area contributed by atoms with Crippen LogP contribution < -0.4 is 0 Å². The molecule has 0 aromatic carbocycles. The Balaban J connectivity index is 3.45. The van der Waals surface area contributed by atoms with Crippen molar-refractivity contribution in [3.05, 3.63) is 11.4 Å². The van der Waals surface area contributed by atoms with Crippen LogP contribution in [0.4, 0.5) is 0 Å². The Morgan fingerprint density at radius 2 is 2.29 bits per heavy atom. The zero-order chi connectivity index (χ0) is 5.86. The molecule has 7 heavy (non-hydrogen) atoms. The molecule has 42 valence electrons. The smallest absolute Gasteiger partial charge is 0.0583 e. The van der Waals surface area contributed by atoms with E-state index in [4.69, 9.17) is 0 Å². The summed E-state index contributed by atoms with van der Waals surface area (Å²) in [6.45, 7) is 2.14. The summed E-state index contributed by atoms with van der Waals surface area (Å²) in [7, 11) is 3.21. The molecule has 0 spiro atoms. The second-order valence-corrected chi connectivity index (χ2v) is 4.83. The van der Waals surface area contributed by atoms with Gasteiger partial charge in [0.15, 0.2) is 0 Å². The number of hydrogen-bond donors (Lipinski definition) is 0. The van der Waals surface area contributed by atoms with E-state index in [0.717, 1.165) is 0 Å². The molecule has 0 radical (unpaired) electrons. The molecule has 0 N–H and O–H groups in total. The highest BCUT2D eigenvalue weighted by Gasteiger charge is 1.77. The van der Waals surface area contributed by atoms with Crippen molar-refractivity contribution in [2.75, 3.05) is 7.05 Å². The third-order valence-corrected chi connectivity index (χ3v) is 0.973. The van der Waals surface area contributed by atoms with Crippen LogP contribution in [0.15, 0.2) is 11.4 Å². The topological polar surface area (TPSA) is 3.24 Å². The minimum atomic E-state index is 1.18. The Bertz CT molecular complexity index is 75.8. The van der Waals surface area contributed by atoms with Crippen LogP contribution >= 0.6 is 22.9 Å². The molecular weight excluding hydrogens is 217 g/mol. The van der Waals surface area contributed by atoms with Gasteiger partial charge in [-0.2, -0.15) is 0 Å². The molecule has 1 nitrogen and oxygen atoms in total. The van der Waals surface area contributed by atoms with Crippen molar-refractivity contribution in [2.45, 2.75) is 6.92 Å². The van der Waals surface area contributed by atoms with Gasteiger partial charge in [0.05, 0.1) is 22.9 Å². The van der Waals surface area contributed by atoms with E-state index < -0.39 is 0 Å². The summed E-state index contributed by atoms with van der Waals surface area (Å²) in [5.74, 6) is 0. The average Bonchev–Trinajstić information content (AvgIpc) is 1.27. The van der Waals surface area contributed by atoms with Crippen molar-refractivity contribution in [3.63, 3.8) is 0 Å². The molecule has 0 rings (SSSR count). The van der Waals surface area contributed by atoms with Gasteiger partial charge < -0.3 is 3.11 Å². The van der Waals surface area contributed by atoms with Gasteiger partial charge in [0, 0.05) is 23.5 Å². The van der Waals surface area contributed by atoms with E-state index >= 15 is 0 Å². The van der Waals surface area contributed by atoms with Gasteiger partial charge in [-0.3, -0.25) is 0 Å². The molecule has 3 heteroatoms. The molecule has 0 aromatic heterocycles. The van der Waals surface area contributed by atoms with Gasteiger partial charge in [-0.05, 0) is 6.92 Å². The Labute approximate surface area is 61.7 Å². The van der Waals surface area contributed by atoms with Gasteiger partial charge in [0.2, 0.25) is 0 Å². The zero-order valence-corrected chi connectivity index (χ0v) is 9.06. The molecule has 0 amide bonds. The molecule has 0 unspecified atom stereocenters. The van der Waals surface area contributed by atoms with Gasteiger partial charge in [-0.25, -0.2) is 0 Å². The van der Waals surface area contributed by atoms with Crippen molar-refractivity contribution >= 4 is 33.1 Å². The maximum absolute atomic E-state index is 2.24. The van der Waals surface area contributed by atoms with Crippen molar-refractivity contribution in [3.8, 4) is 0 Å². The summed E-state index contributed by atoms with van der Waals surface area (Å²) < 4.78 is 2.04. The summed E-state index contributed by atoms with van der Waals surface area (Å²) in [5, 5.41) is 1.47. The van der Waals surface area contributed by atoms with E-state index in [9.17, 15) is 0 Å². The van der Waals surface area contributed by atoms with E-state index in [2.05, 4.69) is 36.0 Å². The lowest BCUT2D eigenvalue weighted by Gasteiger charge is -2.00. The molecule has 0 atom stereocenters. The first kappa shape index (κ1) is 7.49. The van der Waals surface area contributed by atoms with Crippen LogP contribution in [0.1, 0.15) is 6.92 Å². The molecule has 0 saturated heterocycles. The third kappa shape index (κ3) is 6.49. The first-order valence-corrected chi connectivity index (χ1v) is 4.13. The van der Waals surface area contributed by atoms with E-state index in [-0.39, 0.29) is 0 Å². The lowest BCUT2D eigenvalue weighted by molar-refractivity contribution is 0.830. The summed E-state index contributed by atoms with van der Waals surface area (Å²) in [4.78, 5) is 0.